The van der Waals surface area contributed by atoms with Gasteiger partial charge >= 0.3 is 12.0 Å². The Balaban J connectivity index is 2.71. The predicted molar refractivity (Wildman–Crippen MR) is 69.8 cm³/mol. The molecule has 1 aromatic rings. The lowest BCUT2D eigenvalue weighted by atomic mass is 10.1. The first-order valence-corrected chi connectivity index (χ1v) is 5.94. The van der Waals surface area contributed by atoms with E-state index in [0.717, 1.165) is 12.1 Å². The third-order valence-electron chi connectivity index (χ3n) is 2.34. The van der Waals surface area contributed by atoms with Crippen LogP contribution in [0, 0.1) is 11.7 Å². The number of benzene rings is 1. The Labute approximate surface area is 114 Å². The SMILES string of the molecule is CC(C)[C@H](NC(=O)Nc1cc(F)cc(Cl)c1)C(=O)O. The molecule has 0 fully saturated rings. The smallest absolute Gasteiger partial charge is 0.326 e. The molecule has 0 bridgehead atoms. The molecule has 7 heteroatoms. The number of rotatable bonds is 4. The lowest BCUT2D eigenvalue weighted by Crippen LogP contribution is -2.46. The summed E-state index contributed by atoms with van der Waals surface area (Å²) in [6, 6.07) is 1.77. The number of urea groups is 1. The van der Waals surface area contributed by atoms with Crippen LogP contribution in [-0.2, 0) is 4.79 Å². The monoisotopic (exact) mass is 288 g/mol. The van der Waals surface area contributed by atoms with Crippen molar-refractivity contribution >= 4 is 29.3 Å². The van der Waals surface area contributed by atoms with Gasteiger partial charge in [0.25, 0.3) is 0 Å². The van der Waals surface area contributed by atoms with Crippen LogP contribution in [0.3, 0.4) is 0 Å². The minimum atomic E-state index is -1.14. The molecule has 19 heavy (non-hydrogen) atoms. The minimum Gasteiger partial charge on any atom is -0.480 e. The maximum absolute atomic E-state index is 13.0. The number of hydrogen-bond donors (Lipinski definition) is 3. The first-order chi connectivity index (χ1) is 8.79. The summed E-state index contributed by atoms with van der Waals surface area (Å²) in [6.45, 7) is 3.33. The number of carbonyl (C=O) groups is 2. The standard InChI is InChI=1S/C12H14ClFN2O3/c1-6(2)10(11(17)18)16-12(19)15-9-4-7(13)3-8(14)5-9/h3-6,10H,1-2H3,(H,17,18)(H2,15,16,19)/t10-/m0/s1. The van der Waals surface area contributed by atoms with Crippen molar-refractivity contribution in [3.8, 4) is 0 Å². The van der Waals surface area contributed by atoms with Crippen molar-refractivity contribution in [1.29, 1.82) is 0 Å². The average molecular weight is 289 g/mol. The number of anilines is 1. The number of hydrogen-bond acceptors (Lipinski definition) is 2. The van der Waals surface area contributed by atoms with Crippen LogP contribution in [0.1, 0.15) is 13.8 Å². The molecule has 1 rings (SSSR count). The fourth-order valence-corrected chi connectivity index (χ4v) is 1.67. The Kier molecular flexibility index (Phi) is 5.11. The highest BCUT2D eigenvalue weighted by atomic mass is 35.5. The Morgan fingerprint density at radius 3 is 2.42 bits per heavy atom. The number of halogens is 2. The second-order valence-electron chi connectivity index (χ2n) is 4.32. The summed E-state index contributed by atoms with van der Waals surface area (Å²) < 4.78 is 13.0. The van der Waals surface area contributed by atoms with Gasteiger partial charge in [0.1, 0.15) is 11.9 Å². The molecular formula is C12H14ClFN2O3. The van der Waals surface area contributed by atoms with Gasteiger partial charge < -0.3 is 15.7 Å². The lowest BCUT2D eigenvalue weighted by molar-refractivity contribution is -0.140. The van der Waals surface area contributed by atoms with E-state index in [1.807, 2.05) is 0 Å². The Morgan fingerprint density at radius 2 is 1.95 bits per heavy atom. The van der Waals surface area contributed by atoms with Gasteiger partial charge in [-0.2, -0.15) is 0 Å². The van der Waals surface area contributed by atoms with E-state index >= 15 is 0 Å². The molecule has 0 saturated heterocycles. The third kappa shape index (κ3) is 4.75. The van der Waals surface area contributed by atoms with E-state index < -0.39 is 23.9 Å². The molecule has 1 atom stereocenters. The van der Waals surface area contributed by atoms with Crippen molar-refractivity contribution in [3.05, 3.63) is 29.0 Å². The van der Waals surface area contributed by atoms with Gasteiger partial charge in [0.2, 0.25) is 0 Å². The molecule has 0 radical (unpaired) electrons. The fourth-order valence-electron chi connectivity index (χ4n) is 1.45. The maximum Gasteiger partial charge on any atom is 0.326 e. The van der Waals surface area contributed by atoms with Gasteiger partial charge in [-0.25, -0.2) is 14.0 Å². The van der Waals surface area contributed by atoms with E-state index in [9.17, 15) is 14.0 Å². The number of nitrogens with one attached hydrogen (secondary N) is 2. The molecule has 5 nitrogen and oxygen atoms in total. The summed E-state index contributed by atoms with van der Waals surface area (Å²) >= 11 is 5.63. The van der Waals surface area contributed by atoms with Crippen molar-refractivity contribution in [2.75, 3.05) is 5.32 Å². The Bertz CT molecular complexity index is 474. The van der Waals surface area contributed by atoms with Crippen LogP contribution >= 0.6 is 11.6 Å². The number of carboxylic acid groups (broad SMARTS) is 1. The van der Waals surface area contributed by atoms with Crippen molar-refractivity contribution in [1.82, 2.24) is 5.32 Å². The quantitative estimate of drug-likeness (QED) is 0.797. The molecule has 0 aliphatic rings. The van der Waals surface area contributed by atoms with E-state index in [1.165, 1.54) is 6.07 Å². The van der Waals surface area contributed by atoms with E-state index in [-0.39, 0.29) is 16.6 Å². The summed E-state index contributed by atoms with van der Waals surface area (Å²) in [7, 11) is 0. The molecule has 0 aliphatic heterocycles. The third-order valence-corrected chi connectivity index (χ3v) is 2.56. The van der Waals surface area contributed by atoms with Crippen molar-refractivity contribution in [3.63, 3.8) is 0 Å². The van der Waals surface area contributed by atoms with Crippen LogP contribution in [-0.4, -0.2) is 23.1 Å². The van der Waals surface area contributed by atoms with Crippen LogP contribution in [0.5, 0.6) is 0 Å². The molecule has 0 heterocycles. The topological polar surface area (TPSA) is 78.4 Å². The zero-order valence-corrected chi connectivity index (χ0v) is 11.2. The first kappa shape index (κ1) is 15.2. The van der Waals surface area contributed by atoms with Gasteiger partial charge in [-0.05, 0) is 24.1 Å². The summed E-state index contributed by atoms with van der Waals surface area (Å²) in [5.41, 5.74) is 0.149. The van der Waals surface area contributed by atoms with E-state index in [1.54, 1.807) is 13.8 Å². The van der Waals surface area contributed by atoms with Gasteiger partial charge in [-0.3, -0.25) is 0 Å². The fraction of sp³-hybridized carbons (Fsp3) is 0.333. The molecule has 0 aliphatic carbocycles. The summed E-state index contributed by atoms with van der Waals surface area (Å²) in [6.07, 6.45) is 0. The van der Waals surface area contributed by atoms with Gasteiger partial charge in [0, 0.05) is 10.7 Å². The second-order valence-corrected chi connectivity index (χ2v) is 4.75. The molecular weight excluding hydrogens is 275 g/mol. The normalized spacial score (nSPS) is 12.1. The lowest BCUT2D eigenvalue weighted by Gasteiger charge is -2.18. The van der Waals surface area contributed by atoms with Gasteiger partial charge in [0.15, 0.2) is 0 Å². The largest absolute Gasteiger partial charge is 0.480 e. The Morgan fingerprint density at radius 1 is 1.32 bits per heavy atom. The summed E-state index contributed by atoms with van der Waals surface area (Å²) in [4.78, 5) is 22.5. The molecule has 2 amide bonds. The summed E-state index contributed by atoms with van der Waals surface area (Å²) in [5, 5.41) is 13.7. The van der Waals surface area contributed by atoms with Gasteiger partial charge in [-0.1, -0.05) is 25.4 Å². The van der Waals surface area contributed by atoms with E-state index in [4.69, 9.17) is 16.7 Å². The highest BCUT2D eigenvalue weighted by molar-refractivity contribution is 6.30. The first-order valence-electron chi connectivity index (χ1n) is 5.56. The van der Waals surface area contributed by atoms with Crippen molar-refractivity contribution in [2.45, 2.75) is 19.9 Å². The van der Waals surface area contributed by atoms with Crippen LogP contribution in [0.2, 0.25) is 5.02 Å². The average Bonchev–Trinajstić information content (AvgIpc) is 2.23. The van der Waals surface area contributed by atoms with Crippen molar-refractivity contribution < 1.29 is 19.1 Å². The van der Waals surface area contributed by atoms with Gasteiger partial charge in [-0.15, -0.1) is 0 Å². The molecule has 104 valence electrons. The zero-order chi connectivity index (χ0) is 14.6. The minimum absolute atomic E-state index is 0.133. The molecule has 3 N–H and O–H groups in total. The van der Waals surface area contributed by atoms with Crippen LogP contribution in [0.4, 0.5) is 14.9 Å². The van der Waals surface area contributed by atoms with Gasteiger partial charge in [0.05, 0.1) is 0 Å². The van der Waals surface area contributed by atoms with Crippen LogP contribution in [0.15, 0.2) is 18.2 Å². The molecule has 0 aromatic heterocycles. The highest BCUT2D eigenvalue weighted by Crippen LogP contribution is 2.18. The predicted octanol–water partition coefficient (Wildman–Crippen LogP) is 2.71. The number of aliphatic carboxylic acids is 1. The summed E-state index contributed by atoms with van der Waals surface area (Å²) in [5.74, 6) is -2.01. The Hall–Kier alpha value is -1.82. The van der Waals surface area contributed by atoms with Crippen molar-refractivity contribution in [2.24, 2.45) is 5.92 Å². The second kappa shape index (κ2) is 6.38. The van der Waals surface area contributed by atoms with Crippen LogP contribution < -0.4 is 10.6 Å². The number of amides is 2. The zero-order valence-electron chi connectivity index (χ0n) is 10.4. The van der Waals surface area contributed by atoms with E-state index in [0.29, 0.717) is 0 Å². The molecule has 1 aromatic carbocycles. The molecule has 0 spiro atoms. The molecule has 0 saturated carbocycles. The molecule has 0 unspecified atom stereocenters. The maximum atomic E-state index is 13.0. The number of carbonyl (C=O) groups excluding carboxylic acids is 1. The number of carboxylic acids is 1. The van der Waals surface area contributed by atoms with Crippen LogP contribution in [0.25, 0.3) is 0 Å². The van der Waals surface area contributed by atoms with E-state index in [2.05, 4.69) is 10.6 Å². The highest BCUT2D eigenvalue weighted by Gasteiger charge is 2.23.